The zero-order valence-electron chi connectivity index (χ0n) is 15.3. The molecule has 0 spiro atoms. The molecule has 142 valence electrons. The molecule has 3 aromatic heterocycles. The predicted octanol–water partition coefficient (Wildman–Crippen LogP) is 4.17. The van der Waals surface area contributed by atoms with Gasteiger partial charge in [0.05, 0.1) is 23.8 Å². The Bertz CT molecular complexity index is 1100. The fourth-order valence-electron chi connectivity index (χ4n) is 3.14. The van der Waals surface area contributed by atoms with E-state index in [0.29, 0.717) is 35.6 Å². The van der Waals surface area contributed by atoms with Crippen LogP contribution in [-0.4, -0.2) is 32.4 Å². The number of furan rings is 1. The first-order valence-corrected chi connectivity index (χ1v) is 8.96. The number of aromatic nitrogens is 3. The highest BCUT2D eigenvalue weighted by Gasteiger charge is 2.20. The predicted molar refractivity (Wildman–Crippen MR) is 103 cm³/mol. The van der Waals surface area contributed by atoms with Gasteiger partial charge in [-0.3, -0.25) is 4.68 Å². The summed E-state index contributed by atoms with van der Waals surface area (Å²) in [6.07, 6.45) is 2.26. The minimum atomic E-state index is -1.02. The van der Waals surface area contributed by atoms with Gasteiger partial charge in [0.2, 0.25) is 0 Å². The monoisotopic (exact) mass is 377 g/mol. The molecule has 28 heavy (non-hydrogen) atoms. The number of benzene rings is 1. The van der Waals surface area contributed by atoms with Gasteiger partial charge in [0, 0.05) is 18.7 Å². The Morgan fingerprint density at radius 2 is 2.04 bits per heavy atom. The van der Waals surface area contributed by atoms with Crippen molar-refractivity contribution in [3.05, 3.63) is 66.1 Å². The van der Waals surface area contributed by atoms with Gasteiger partial charge < -0.3 is 14.3 Å². The second-order valence-electron chi connectivity index (χ2n) is 6.36. The highest BCUT2D eigenvalue weighted by molar-refractivity contribution is 6.03. The highest BCUT2D eigenvalue weighted by Crippen LogP contribution is 2.27. The van der Waals surface area contributed by atoms with Crippen LogP contribution in [0.25, 0.3) is 22.5 Å². The number of pyridine rings is 1. The van der Waals surface area contributed by atoms with Gasteiger partial charge in [-0.25, -0.2) is 9.78 Å². The average molecular weight is 377 g/mol. The van der Waals surface area contributed by atoms with Crippen LogP contribution >= 0.6 is 0 Å². The fraction of sp³-hybridized carbons (Fsp3) is 0.190. The minimum absolute atomic E-state index is 0.167. The lowest BCUT2D eigenvalue weighted by atomic mass is 10.1. The Morgan fingerprint density at radius 1 is 1.21 bits per heavy atom. The van der Waals surface area contributed by atoms with E-state index in [1.54, 1.807) is 16.8 Å². The maximum atomic E-state index is 11.8. The van der Waals surface area contributed by atoms with Crippen molar-refractivity contribution in [3.63, 3.8) is 0 Å². The normalized spacial score (nSPS) is 11.0. The van der Waals surface area contributed by atoms with E-state index in [1.807, 2.05) is 37.3 Å². The summed E-state index contributed by atoms with van der Waals surface area (Å²) >= 11 is 0. The minimum Gasteiger partial charge on any atom is -0.494 e. The summed E-state index contributed by atoms with van der Waals surface area (Å²) in [5, 5.41) is 14.7. The number of ether oxygens (including phenoxy) is 1. The van der Waals surface area contributed by atoms with Crippen LogP contribution in [0.2, 0.25) is 0 Å². The first-order valence-electron chi connectivity index (χ1n) is 8.96. The second kappa shape index (κ2) is 7.56. The van der Waals surface area contributed by atoms with Crippen LogP contribution in [0.1, 0.15) is 22.5 Å². The first kappa shape index (κ1) is 17.8. The van der Waals surface area contributed by atoms with Crippen LogP contribution in [0, 0.1) is 6.92 Å². The van der Waals surface area contributed by atoms with Crippen molar-refractivity contribution in [2.45, 2.75) is 19.9 Å². The molecule has 0 atom stereocenters. The van der Waals surface area contributed by atoms with Gasteiger partial charge in [-0.15, -0.1) is 0 Å². The van der Waals surface area contributed by atoms with Crippen LogP contribution in [0.5, 0.6) is 5.75 Å². The molecule has 0 amide bonds. The SMILES string of the molecule is Cc1c2c(C(=O)O)cc(-c3ccco3)nc2nn1CCCOc1ccccc1. The molecule has 4 aromatic rings. The van der Waals surface area contributed by atoms with Crippen LogP contribution in [0.3, 0.4) is 0 Å². The van der Waals surface area contributed by atoms with E-state index in [1.165, 1.54) is 12.3 Å². The molecule has 1 N–H and O–H groups in total. The van der Waals surface area contributed by atoms with Crippen molar-refractivity contribution in [2.24, 2.45) is 0 Å². The summed E-state index contributed by atoms with van der Waals surface area (Å²) in [7, 11) is 0. The number of para-hydroxylation sites is 1. The molecule has 0 saturated heterocycles. The zero-order chi connectivity index (χ0) is 19.5. The number of hydrogen-bond donors (Lipinski definition) is 1. The first-order chi connectivity index (χ1) is 13.6. The number of fused-ring (bicyclic) bond motifs is 1. The Labute approximate surface area is 161 Å². The molecule has 0 bridgehead atoms. The van der Waals surface area contributed by atoms with Crippen molar-refractivity contribution < 1.29 is 19.1 Å². The van der Waals surface area contributed by atoms with Crippen molar-refractivity contribution in [1.29, 1.82) is 0 Å². The van der Waals surface area contributed by atoms with Gasteiger partial charge >= 0.3 is 5.97 Å². The Kier molecular flexibility index (Phi) is 4.80. The molecule has 3 heterocycles. The molecule has 1 aromatic carbocycles. The fourth-order valence-corrected chi connectivity index (χ4v) is 3.14. The molecule has 0 saturated carbocycles. The van der Waals surface area contributed by atoms with Crippen LogP contribution < -0.4 is 4.74 Å². The van der Waals surface area contributed by atoms with Crippen LogP contribution in [0.15, 0.2) is 59.2 Å². The van der Waals surface area contributed by atoms with Crippen molar-refractivity contribution in [1.82, 2.24) is 14.8 Å². The van der Waals surface area contributed by atoms with E-state index in [0.717, 1.165) is 17.9 Å². The molecule has 7 nitrogen and oxygen atoms in total. The summed E-state index contributed by atoms with van der Waals surface area (Å²) in [6.45, 7) is 2.99. The lowest BCUT2D eigenvalue weighted by Crippen LogP contribution is -2.07. The summed E-state index contributed by atoms with van der Waals surface area (Å²) in [4.78, 5) is 16.3. The number of carboxylic acids is 1. The molecular formula is C21H19N3O4. The quantitative estimate of drug-likeness (QED) is 0.486. The number of rotatable bonds is 7. The van der Waals surface area contributed by atoms with Crippen molar-refractivity contribution in [2.75, 3.05) is 6.61 Å². The van der Waals surface area contributed by atoms with Crippen molar-refractivity contribution >= 4 is 17.0 Å². The molecule has 4 rings (SSSR count). The maximum absolute atomic E-state index is 11.8. The van der Waals surface area contributed by atoms with E-state index >= 15 is 0 Å². The third-order valence-electron chi connectivity index (χ3n) is 4.49. The summed E-state index contributed by atoms with van der Waals surface area (Å²) in [6, 6.07) is 14.6. The third-order valence-corrected chi connectivity index (χ3v) is 4.49. The second-order valence-corrected chi connectivity index (χ2v) is 6.36. The number of carboxylic acid groups (broad SMARTS) is 1. The standard InChI is InChI=1S/C21H19N3O4/c1-14-19-16(21(25)26)13-17(18-9-5-11-28-18)22-20(19)23-24(14)10-6-12-27-15-7-3-2-4-8-15/h2-5,7-9,11,13H,6,10,12H2,1H3,(H,25,26). The third kappa shape index (κ3) is 3.46. The summed E-state index contributed by atoms with van der Waals surface area (Å²) in [5.74, 6) is 0.311. The number of aromatic carboxylic acids is 1. The van der Waals surface area contributed by atoms with E-state index in [9.17, 15) is 9.90 Å². The van der Waals surface area contributed by atoms with Crippen LogP contribution in [-0.2, 0) is 6.54 Å². The molecule has 0 aliphatic rings. The highest BCUT2D eigenvalue weighted by atomic mass is 16.5. The zero-order valence-corrected chi connectivity index (χ0v) is 15.3. The largest absolute Gasteiger partial charge is 0.494 e. The Balaban J connectivity index is 1.58. The van der Waals surface area contributed by atoms with Gasteiger partial charge in [-0.2, -0.15) is 5.10 Å². The topological polar surface area (TPSA) is 90.4 Å². The lowest BCUT2D eigenvalue weighted by Gasteiger charge is -2.07. The molecular weight excluding hydrogens is 358 g/mol. The summed E-state index contributed by atoms with van der Waals surface area (Å²) in [5.41, 5.74) is 1.78. The van der Waals surface area contributed by atoms with Gasteiger partial charge in [-0.1, -0.05) is 18.2 Å². The summed E-state index contributed by atoms with van der Waals surface area (Å²) < 4.78 is 12.8. The molecule has 7 heteroatoms. The smallest absolute Gasteiger partial charge is 0.336 e. The maximum Gasteiger partial charge on any atom is 0.336 e. The van der Waals surface area contributed by atoms with Gasteiger partial charge in [0.1, 0.15) is 11.4 Å². The van der Waals surface area contributed by atoms with Gasteiger partial charge in [-0.05, 0) is 37.3 Å². The molecule has 0 fully saturated rings. The van der Waals surface area contributed by atoms with E-state index in [2.05, 4.69) is 10.1 Å². The lowest BCUT2D eigenvalue weighted by molar-refractivity contribution is 0.0699. The van der Waals surface area contributed by atoms with Crippen molar-refractivity contribution in [3.8, 4) is 17.2 Å². The molecule has 0 unspecified atom stereocenters. The Hall–Kier alpha value is -3.61. The molecule has 0 radical (unpaired) electrons. The van der Waals surface area contributed by atoms with Gasteiger partial charge in [0.25, 0.3) is 0 Å². The van der Waals surface area contributed by atoms with E-state index in [4.69, 9.17) is 9.15 Å². The van der Waals surface area contributed by atoms with E-state index < -0.39 is 5.97 Å². The number of aryl methyl sites for hydroxylation is 2. The number of carbonyl (C=O) groups is 1. The van der Waals surface area contributed by atoms with Crippen LogP contribution in [0.4, 0.5) is 0 Å². The van der Waals surface area contributed by atoms with Gasteiger partial charge in [0.15, 0.2) is 11.4 Å². The molecule has 0 aliphatic carbocycles. The average Bonchev–Trinajstić information content (AvgIpc) is 3.34. The number of nitrogens with zero attached hydrogens (tertiary/aromatic N) is 3. The Morgan fingerprint density at radius 3 is 2.75 bits per heavy atom. The number of hydrogen-bond acceptors (Lipinski definition) is 5. The van der Waals surface area contributed by atoms with E-state index in [-0.39, 0.29) is 5.56 Å². The molecule has 0 aliphatic heterocycles.